The molecule has 0 fully saturated rings. The summed E-state index contributed by atoms with van der Waals surface area (Å²) in [5.74, 6) is -0.928. The number of benzene rings is 1. The average Bonchev–Trinajstić information content (AvgIpc) is 2.16. The van der Waals surface area contributed by atoms with Crippen LogP contribution in [0.3, 0.4) is 0 Å². The molecular weight excluding hydrogens is 202 g/mol. The van der Waals surface area contributed by atoms with Crippen molar-refractivity contribution in [3.05, 3.63) is 34.9 Å². The Hall–Kier alpha value is -1.06. The van der Waals surface area contributed by atoms with E-state index >= 15 is 0 Å². The van der Waals surface area contributed by atoms with Gasteiger partial charge in [0, 0.05) is 5.02 Å². The van der Waals surface area contributed by atoms with Crippen molar-refractivity contribution in [3.8, 4) is 0 Å². The minimum Gasteiger partial charge on any atom is -0.480 e. The maximum absolute atomic E-state index is 11.1. The number of aliphatic carboxylic acids is 1. The van der Waals surface area contributed by atoms with E-state index < -0.39 is 11.5 Å². The predicted molar refractivity (Wildman–Crippen MR) is 55.5 cm³/mol. The second-order valence-corrected chi connectivity index (χ2v) is 3.63. The van der Waals surface area contributed by atoms with E-state index in [9.17, 15) is 4.79 Å². The lowest BCUT2D eigenvalue weighted by Crippen LogP contribution is -2.44. The monoisotopic (exact) mass is 213 g/mol. The lowest BCUT2D eigenvalue weighted by atomic mass is 9.92. The Morgan fingerprint density at radius 3 is 2.64 bits per heavy atom. The van der Waals surface area contributed by atoms with E-state index in [1.54, 1.807) is 38.2 Å². The Kier molecular flexibility index (Phi) is 3.13. The molecule has 0 aliphatic carbocycles. The largest absolute Gasteiger partial charge is 0.480 e. The predicted octanol–water partition coefficient (Wildman–Crippen LogP) is 1.86. The van der Waals surface area contributed by atoms with Crippen LogP contribution in [0.5, 0.6) is 0 Å². The molecule has 1 rings (SSSR count). The van der Waals surface area contributed by atoms with Gasteiger partial charge in [-0.2, -0.15) is 0 Å². The number of likely N-dealkylation sites (N-methyl/N-ethyl adjacent to an activating group) is 1. The molecule has 0 saturated heterocycles. The maximum Gasteiger partial charge on any atom is 0.328 e. The number of halogens is 1. The molecule has 1 aromatic rings. The van der Waals surface area contributed by atoms with Gasteiger partial charge < -0.3 is 10.4 Å². The molecule has 3 nitrogen and oxygen atoms in total. The zero-order valence-electron chi connectivity index (χ0n) is 8.04. The number of carboxylic acid groups (broad SMARTS) is 1. The molecule has 14 heavy (non-hydrogen) atoms. The first-order valence-corrected chi connectivity index (χ1v) is 4.57. The smallest absolute Gasteiger partial charge is 0.328 e. The molecule has 0 amide bonds. The summed E-state index contributed by atoms with van der Waals surface area (Å²) in [6, 6.07) is 6.82. The highest BCUT2D eigenvalue weighted by Gasteiger charge is 2.33. The van der Waals surface area contributed by atoms with Gasteiger partial charge in [0.15, 0.2) is 0 Å². The van der Waals surface area contributed by atoms with Gasteiger partial charge in [-0.05, 0) is 31.7 Å². The first kappa shape index (κ1) is 11.0. The Morgan fingerprint density at radius 1 is 1.57 bits per heavy atom. The van der Waals surface area contributed by atoms with E-state index in [2.05, 4.69) is 5.32 Å². The Morgan fingerprint density at radius 2 is 2.21 bits per heavy atom. The molecule has 0 saturated carbocycles. The van der Waals surface area contributed by atoms with Crippen LogP contribution in [0.4, 0.5) is 0 Å². The molecule has 0 radical (unpaired) electrons. The highest BCUT2D eigenvalue weighted by Crippen LogP contribution is 2.23. The second-order valence-electron chi connectivity index (χ2n) is 3.19. The van der Waals surface area contributed by atoms with Crippen molar-refractivity contribution in [1.82, 2.24) is 5.32 Å². The van der Waals surface area contributed by atoms with Gasteiger partial charge in [-0.1, -0.05) is 23.7 Å². The van der Waals surface area contributed by atoms with E-state index in [4.69, 9.17) is 16.7 Å². The Labute approximate surface area is 87.7 Å². The normalized spacial score (nSPS) is 14.8. The van der Waals surface area contributed by atoms with E-state index in [0.717, 1.165) is 0 Å². The molecular formula is C10H12ClNO2. The number of rotatable bonds is 3. The van der Waals surface area contributed by atoms with Gasteiger partial charge in [-0.3, -0.25) is 0 Å². The lowest BCUT2D eigenvalue weighted by molar-refractivity contribution is -0.144. The summed E-state index contributed by atoms with van der Waals surface area (Å²) in [6.45, 7) is 1.60. The number of carbonyl (C=O) groups is 1. The number of nitrogens with one attached hydrogen (secondary N) is 1. The van der Waals surface area contributed by atoms with Crippen molar-refractivity contribution >= 4 is 17.6 Å². The summed E-state index contributed by atoms with van der Waals surface area (Å²) >= 11 is 5.79. The first-order chi connectivity index (χ1) is 6.50. The summed E-state index contributed by atoms with van der Waals surface area (Å²) in [6.07, 6.45) is 0. The van der Waals surface area contributed by atoms with E-state index in [0.29, 0.717) is 10.6 Å². The zero-order chi connectivity index (χ0) is 10.8. The van der Waals surface area contributed by atoms with Crippen molar-refractivity contribution in [2.75, 3.05) is 7.05 Å². The van der Waals surface area contributed by atoms with Gasteiger partial charge in [0.2, 0.25) is 0 Å². The lowest BCUT2D eigenvalue weighted by Gasteiger charge is -2.24. The van der Waals surface area contributed by atoms with Crippen LogP contribution in [0.15, 0.2) is 24.3 Å². The van der Waals surface area contributed by atoms with Crippen molar-refractivity contribution < 1.29 is 9.90 Å². The fourth-order valence-corrected chi connectivity index (χ4v) is 1.36. The van der Waals surface area contributed by atoms with Crippen molar-refractivity contribution in [2.24, 2.45) is 0 Å². The Balaban J connectivity index is 3.19. The summed E-state index contributed by atoms with van der Waals surface area (Å²) in [5.41, 5.74) is -0.453. The van der Waals surface area contributed by atoms with Gasteiger partial charge in [0.1, 0.15) is 5.54 Å². The maximum atomic E-state index is 11.1. The second kappa shape index (κ2) is 3.98. The minimum absolute atomic E-state index is 0.533. The number of hydrogen-bond acceptors (Lipinski definition) is 2. The fraction of sp³-hybridized carbons (Fsp3) is 0.300. The van der Waals surface area contributed by atoms with Gasteiger partial charge in [0.05, 0.1) is 0 Å². The summed E-state index contributed by atoms with van der Waals surface area (Å²) in [7, 11) is 1.61. The fourth-order valence-electron chi connectivity index (χ4n) is 1.17. The van der Waals surface area contributed by atoms with E-state index in [1.165, 1.54) is 0 Å². The SMILES string of the molecule is CN[C@@](C)(C(=O)O)c1cccc(Cl)c1. The topological polar surface area (TPSA) is 49.3 Å². The minimum atomic E-state index is -1.09. The van der Waals surface area contributed by atoms with Crippen molar-refractivity contribution in [2.45, 2.75) is 12.5 Å². The van der Waals surface area contributed by atoms with Gasteiger partial charge in [-0.25, -0.2) is 4.79 Å². The molecule has 0 aromatic heterocycles. The van der Waals surface area contributed by atoms with E-state index in [-0.39, 0.29) is 0 Å². The van der Waals surface area contributed by atoms with Crippen molar-refractivity contribution in [1.29, 1.82) is 0 Å². The molecule has 0 bridgehead atoms. The highest BCUT2D eigenvalue weighted by atomic mass is 35.5. The highest BCUT2D eigenvalue weighted by molar-refractivity contribution is 6.30. The van der Waals surface area contributed by atoms with Crippen LogP contribution in [0.2, 0.25) is 5.02 Å². The molecule has 0 heterocycles. The number of hydrogen-bond donors (Lipinski definition) is 2. The van der Waals surface area contributed by atoms with Crippen LogP contribution in [-0.2, 0) is 10.3 Å². The van der Waals surface area contributed by atoms with Crippen LogP contribution in [0, 0.1) is 0 Å². The van der Waals surface area contributed by atoms with Crippen LogP contribution >= 0.6 is 11.6 Å². The van der Waals surface area contributed by atoms with Crippen LogP contribution in [0.1, 0.15) is 12.5 Å². The van der Waals surface area contributed by atoms with Gasteiger partial charge >= 0.3 is 5.97 Å². The van der Waals surface area contributed by atoms with E-state index in [1.807, 2.05) is 0 Å². The molecule has 1 aromatic carbocycles. The summed E-state index contributed by atoms with van der Waals surface area (Å²) in [5, 5.41) is 12.4. The van der Waals surface area contributed by atoms with Crippen molar-refractivity contribution in [3.63, 3.8) is 0 Å². The third kappa shape index (κ3) is 1.89. The average molecular weight is 214 g/mol. The summed E-state index contributed by atoms with van der Waals surface area (Å²) < 4.78 is 0. The standard InChI is InChI=1S/C10H12ClNO2/c1-10(12-2,9(13)14)7-4-3-5-8(11)6-7/h3-6,12H,1-2H3,(H,13,14)/t10-/m1/s1. The number of carboxylic acids is 1. The molecule has 0 unspecified atom stereocenters. The molecule has 76 valence electrons. The van der Waals surface area contributed by atoms with Gasteiger partial charge in [-0.15, -0.1) is 0 Å². The van der Waals surface area contributed by atoms with Crippen LogP contribution < -0.4 is 5.32 Å². The molecule has 0 aliphatic heterocycles. The summed E-state index contributed by atoms with van der Waals surface area (Å²) in [4.78, 5) is 11.1. The molecule has 0 spiro atoms. The molecule has 1 atom stereocenters. The van der Waals surface area contributed by atoms with Crippen LogP contribution in [0.25, 0.3) is 0 Å². The quantitative estimate of drug-likeness (QED) is 0.806. The molecule has 4 heteroatoms. The third-order valence-corrected chi connectivity index (χ3v) is 2.56. The first-order valence-electron chi connectivity index (χ1n) is 4.19. The molecule has 0 aliphatic rings. The Bertz CT molecular complexity index is 354. The van der Waals surface area contributed by atoms with Crippen LogP contribution in [-0.4, -0.2) is 18.1 Å². The zero-order valence-corrected chi connectivity index (χ0v) is 8.80. The molecule has 2 N–H and O–H groups in total. The van der Waals surface area contributed by atoms with Gasteiger partial charge in [0.25, 0.3) is 0 Å². The third-order valence-electron chi connectivity index (χ3n) is 2.33.